The number of carbonyl (C=O) groups excluding carboxylic acids is 1. The van der Waals surface area contributed by atoms with Gasteiger partial charge >= 0.3 is 0 Å². The number of anilines is 2. The first kappa shape index (κ1) is 15.0. The molecule has 0 aliphatic heterocycles. The number of hydrogen-bond acceptors (Lipinski definition) is 2. The Bertz CT molecular complexity index is 659. The van der Waals surface area contributed by atoms with Gasteiger partial charge < -0.3 is 10.6 Å². The fraction of sp³-hybridized carbons (Fsp3) is 0.235. The van der Waals surface area contributed by atoms with Gasteiger partial charge in [-0.15, -0.1) is 0 Å². The second-order valence-corrected chi connectivity index (χ2v) is 5.06. The predicted molar refractivity (Wildman–Crippen MR) is 84.1 cm³/mol. The van der Waals surface area contributed by atoms with Crippen molar-refractivity contribution >= 4 is 17.3 Å². The molecule has 0 fully saturated rings. The van der Waals surface area contributed by atoms with Crippen molar-refractivity contribution in [3.8, 4) is 0 Å². The smallest absolute Gasteiger partial charge is 0.258 e. The molecule has 0 saturated carbocycles. The van der Waals surface area contributed by atoms with Gasteiger partial charge in [0.05, 0.1) is 0 Å². The third kappa shape index (κ3) is 3.05. The zero-order chi connectivity index (χ0) is 15.6. The van der Waals surface area contributed by atoms with Crippen LogP contribution in [0.25, 0.3) is 0 Å². The van der Waals surface area contributed by atoms with Gasteiger partial charge in [-0.05, 0) is 50.6 Å². The lowest BCUT2D eigenvalue weighted by Gasteiger charge is -2.22. The largest absolute Gasteiger partial charge is 0.398 e. The van der Waals surface area contributed by atoms with Crippen molar-refractivity contribution in [3.63, 3.8) is 0 Å². The molecule has 2 rings (SSSR count). The fourth-order valence-electron chi connectivity index (χ4n) is 2.22. The molecule has 0 saturated heterocycles. The third-order valence-electron chi connectivity index (χ3n) is 3.51. The van der Waals surface area contributed by atoms with E-state index in [2.05, 4.69) is 0 Å². The molecule has 0 bridgehead atoms. The SMILES string of the molecule is CCN(C(=O)c1cc(N)c(C)c(F)c1)c1cccc(C)c1. The summed E-state index contributed by atoms with van der Waals surface area (Å²) in [6, 6.07) is 10.4. The highest BCUT2D eigenvalue weighted by molar-refractivity contribution is 6.06. The molecular weight excluding hydrogens is 267 g/mol. The Kier molecular flexibility index (Phi) is 4.26. The van der Waals surface area contributed by atoms with Crippen molar-refractivity contribution in [3.05, 3.63) is 58.9 Å². The van der Waals surface area contributed by atoms with Crippen molar-refractivity contribution in [1.29, 1.82) is 0 Å². The summed E-state index contributed by atoms with van der Waals surface area (Å²) in [7, 11) is 0. The molecule has 0 aliphatic carbocycles. The molecule has 2 N–H and O–H groups in total. The van der Waals surface area contributed by atoms with Crippen LogP contribution in [0.4, 0.5) is 15.8 Å². The number of halogens is 1. The van der Waals surface area contributed by atoms with Gasteiger partial charge in [0.25, 0.3) is 5.91 Å². The number of nitrogen functional groups attached to an aromatic ring is 1. The lowest BCUT2D eigenvalue weighted by molar-refractivity contribution is 0.0988. The molecule has 3 nitrogen and oxygen atoms in total. The molecule has 2 aromatic rings. The van der Waals surface area contributed by atoms with Crippen molar-refractivity contribution in [2.24, 2.45) is 0 Å². The second-order valence-electron chi connectivity index (χ2n) is 5.06. The molecule has 0 unspecified atom stereocenters. The number of benzene rings is 2. The Morgan fingerprint density at radius 2 is 1.95 bits per heavy atom. The molecule has 21 heavy (non-hydrogen) atoms. The fourth-order valence-corrected chi connectivity index (χ4v) is 2.22. The number of nitrogens with two attached hydrogens (primary N) is 1. The molecule has 110 valence electrons. The van der Waals surface area contributed by atoms with E-state index in [4.69, 9.17) is 5.73 Å². The van der Waals surface area contributed by atoms with E-state index in [1.165, 1.54) is 12.1 Å². The van der Waals surface area contributed by atoms with E-state index >= 15 is 0 Å². The minimum Gasteiger partial charge on any atom is -0.398 e. The van der Waals surface area contributed by atoms with Crippen LogP contribution in [0, 0.1) is 19.7 Å². The van der Waals surface area contributed by atoms with Crippen LogP contribution in [0.3, 0.4) is 0 Å². The maximum Gasteiger partial charge on any atom is 0.258 e. The summed E-state index contributed by atoms with van der Waals surface area (Å²) in [4.78, 5) is 14.2. The maximum atomic E-state index is 13.8. The van der Waals surface area contributed by atoms with E-state index in [0.717, 1.165) is 11.3 Å². The van der Waals surface area contributed by atoms with Gasteiger partial charge in [-0.1, -0.05) is 12.1 Å². The Labute approximate surface area is 124 Å². The minimum atomic E-state index is -0.460. The first-order valence-corrected chi connectivity index (χ1v) is 6.88. The molecule has 0 aliphatic rings. The normalized spacial score (nSPS) is 10.5. The molecule has 0 radical (unpaired) electrons. The Balaban J connectivity index is 2.41. The zero-order valence-corrected chi connectivity index (χ0v) is 12.5. The second kappa shape index (κ2) is 5.95. The molecule has 0 heterocycles. The topological polar surface area (TPSA) is 46.3 Å². The number of aryl methyl sites for hydroxylation is 1. The van der Waals surface area contributed by atoms with E-state index in [-0.39, 0.29) is 11.5 Å². The first-order chi connectivity index (χ1) is 9.93. The highest BCUT2D eigenvalue weighted by atomic mass is 19.1. The average Bonchev–Trinajstić information content (AvgIpc) is 2.45. The van der Waals surface area contributed by atoms with Gasteiger partial charge in [-0.25, -0.2) is 4.39 Å². The van der Waals surface area contributed by atoms with E-state index in [1.807, 2.05) is 38.1 Å². The summed E-state index contributed by atoms with van der Waals surface area (Å²) in [6.45, 7) is 5.94. The van der Waals surface area contributed by atoms with Crippen molar-refractivity contribution in [2.45, 2.75) is 20.8 Å². The van der Waals surface area contributed by atoms with E-state index in [9.17, 15) is 9.18 Å². The summed E-state index contributed by atoms with van der Waals surface area (Å²) < 4.78 is 13.8. The molecule has 0 atom stereocenters. The molecular formula is C17H19FN2O. The van der Waals surface area contributed by atoms with E-state index in [1.54, 1.807) is 11.8 Å². The van der Waals surface area contributed by atoms with Crippen LogP contribution in [0.2, 0.25) is 0 Å². The quantitative estimate of drug-likeness (QED) is 0.875. The Hall–Kier alpha value is -2.36. The van der Waals surface area contributed by atoms with Crippen LogP contribution in [0.5, 0.6) is 0 Å². The number of carbonyl (C=O) groups is 1. The van der Waals surface area contributed by atoms with Gasteiger partial charge in [0.15, 0.2) is 0 Å². The molecule has 1 amide bonds. The van der Waals surface area contributed by atoms with Crippen molar-refractivity contribution < 1.29 is 9.18 Å². The van der Waals surface area contributed by atoms with Crippen LogP contribution in [0.15, 0.2) is 36.4 Å². The average molecular weight is 286 g/mol. The number of nitrogens with zero attached hydrogens (tertiary/aromatic N) is 1. The monoisotopic (exact) mass is 286 g/mol. The van der Waals surface area contributed by atoms with Gasteiger partial charge in [-0.2, -0.15) is 0 Å². The maximum absolute atomic E-state index is 13.8. The van der Waals surface area contributed by atoms with Gasteiger partial charge in [0.1, 0.15) is 5.82 Å². The lowest BCUT2D eigenvalue weighted by Crippen LogP contribution is -2.30. The molecule has 4 heteroatoms. The highest BCUT2D eigenvalue weighted by Crippen LogP contribution is 2.22. The number of hydrogen-bond donors (Lipinski definition) is 1. The molecule has 2 aromatic carbocycles. The van der Waals surface area contributed by atoms with Crippen LogP contribution >= 0.6 is 0 Å². The van der Waals surface area contributed by atoms with Crippen molar-refractivity contribution in [1.82, 2.24) is 0 Å². The van der Waals surface area contributed by atoms with Crippen LogP contribution in [-0.2, 0) is 0 Å². The van der Waals surface area contributed by atoms with E-state index in [0.29, 0.717) is 17.8 Å². The summed E-state index contributed by atoms with van der Waals surface area (Å²) in [5.41, 5.74) is 8.53. The number of rotatable bonds is 3. The minimum absolute atomic E-state index is 0.256. The Morgan fingerprint density at radius 1 is 1.24 bits per heavy atom. The lowest BCUT2D eigenvalue weighted by atomic mass is 10.1. The first-order valence-electron chi connectivity index (χ1n) is 6.88. The summed E-state index contributed by atoms with van der Waals surface area (Å²) >= 11 is 0. The van der Waals surface area contributed by atoms with Gasteiger partial charge in [0, 0.05) is 29.0 Å². The van der Waals surface area contributed by atoms with Crippen molar-refractivity contribution in [2.75, 3.05) is 17.2 Å². The van der Waals surface area contributed by atoms with Crippen LogP contribution in [0.1, 0.15) is 28.4 Å². The van der Waals surface area contributed by atoms with Gasteiger partial charge in [-0.3, -0.25) is 4.79 Å². The predicted octanol–water partition coefficient (Wildman–Crippen LogP) is 3.69. The summed E-state index contributed by atoms with van der Waals surface area (Å²) in [6.07, 6.45) is 0. The van der Waals surface area contributed by atoms with Gasteiger partial charge in [0.2, 0.25) is 0 Å². The summed E-state index contributed by atoms with van der Waals surface area (Å²) in [5, 5.41) is 0. The number of amides is 1. The van der Waals surface area contributed by atoms with E-state index < -0.39 is 5.82 Å². The van der Waals surface area contributed by atoms with Crippen LogP contribution in [-0.4, -0.2) is 12.5 Å². The summed E-state index contributed by atoms with van der Waals surface area (Å²) in [5.74, 6) is -0.715. The molecule has 0 spiro atoms. The third-order valence-corrected chi connectivity index (χ3v) is 3.51. The zero-order valence-electron chi connectivity index (χ0n) is 12.5. The standard InChI is InChI=1S/C17H19FN2O/c1-4-20(14-7-5-6-11(2)8-14)17(21)13-9-15(18)12(3)16(19)10-13/h5-10H,4,19H2,1-3H3. The molecule has 0 aromatic heterocycles. The highest BCUT2D eigenvalue weighted by Gasteiger charge is 2.18. The van der Waals surface area contributed by atoms with Crippen LogP contribution < -0.4 is 10.6 Å². The Morgan fingerprint density at radius 3 is 2.52 bits per heavy atom.